The van der Waals surface area contributed by atoms with Gasteiger partial charge in [0.15, 0.2) is 5.96 Å². The molecule has 2 atom stereocenters. The van der Waals surface area contributed by atoms with E-state index < -0.39 is 0 Å². The number of rotatable bonds is 7. The van der Waals surface area contributed by atoms with E-state index in [1.165, 1.54) is 30.6 Å². The van der Waals surface area contributed by atoms with Gasteiger partial charge < -0.3 is 11.1 Å². The quantitative estimate of drug-likeness (QED) is 0.573. The zero-order valence-corrected chi connectivity index (χ0v) is 17.1. The minimum absolute atomic E-state index is 0.492. The van der Waals surface area contributed by atoms with Crippen LogP contribution in [0.2, 0.25) is 0 Å². The highest BCUT2D eigenvalue weighted by atomic mass is 15.1. The molecule has 1 fully saturated rings. The molecule has 0 aliphatic carbocycles. The number of aliphatic imine (C=N–C) groups is 1. The van der Waals surface area contributed by atoms with E-state index in [0.29, 0.717) is 12.5 Å². The van der Waals surface area contributed by atoms with Gasteiger partial charge in [-0.1, -0.05) is 44.2 Å². The van der Waals surface area contributed by atoms with Crippen molar-refractivity contribution in [3.8, 4) is 0 Å². The van der Waals surface area contributed by atoms with Crippen LogP contribution in [0.4, 0.5) is 0 Å². The number of nitrogens with zero attached hydrogens (tertiary/aromatic N) is 3. The molecule has 3 N–H and O–H groups in total. The van der Waals surface area contributed by atoms with Crippen LogP contribution in [0.15, 0.2) is 53.7 Å². The van der Waals surface area contributed by atoms with E-state index in [4.69, 9.17) is 5.73 Å². The summed E-state index contributed by atoms with van der Waals surface area (Å²) in [4.78, 5) is 11.5. The molecule has 5 heteroatoms. The topological polar surface area (TPSA) is 66.5 Å². The van der Waals surface area contributed by atoms with Gasteiger partial charge in [0.25, 0.3) is 0 Å². The van der Waals surface area contributed by atoms with Crippen LogP contribution in [0.5, 0.6) is 0 Å². The number of likely N-dealkylation sites (tertiary alicyclic amines) is 1. The molecule has 1 aliphatic rings. The number of hydrogen-bond acceptors (Lipinski definition) is 3. The molecule has 5 nitrogen and oxygen atoms in total. The molecule has 28 heavy (non-hydrogen) atoms. The standard InChI is InChI=1S/C23H33N5/c1-18-13-19(2)16-28(15-18)17-21-8-4-3-7-20(21)14-27-23(24)26-12-10-22-9-5-6-11-25-22/h3-9,11,18-19H,10,12-17H2,1-2H3,(H3,24,26,27). The average Bonchev–Trinajstić information content (AvgIpc) is 2.67. The van der Waals surface area contributed by atoms with Gasteiger partial charge in [-0.2, -0.15) is 0 Å². The fraction of sp³-hybridized carbons (Fsp3) is 0.478. The third kappa shape index (κ3) is 6.34. The van der Waals surface area contributed by atoms with E-state index in [2.05, 4.69) is 58.3 Å². The van der Waals surface area contributed by atoms with Crippen LogP contribution in [0.25, 0.3) is 0 Å². The maximum absolute atomic E-state index is 6.06. The molecule has 0 saturated carbocycles. The van der Waals surface area contributed by atoms with Gasteiger partial charge in [-0.25, -0.2) is 4.99 Å². The molecule has 3 rings (SSSR count). The van der Waals surface area contributed by atoms with Crippen LogP contribution < -0.4 is 11.1 Å². The van der Waals surface area contributed by atoms with Crippen molar-refractivity contribution in [3.05, 3.63) is 65.5 Å². The van der Waals surface area contributed by atoms with E-state index in [-0.39, 0.29) is 0 Å². The average molecular weight is 380 g/mol. The van der Waals surface area contributed by atoms with E-state index in [1.54, 1.807) is 0 Å². The first kappa shape index (κ1) is 20.3. The fourth-order valence-corrected chi connectivity index (χ4v) is 4.12. The van der Waals surface area contributed by atoms with Crippen molar-refractivity contribution in [2.45, 2.75) is 39.8 Å². The van der Waals surface area contributed by atoms with Crippen molar-refractivity contribution >= 4 is 5.96 Å². The maximum atomic E-state index is 6.06. The van der Waals surface area contributed by atoms with Crippen LogP contribution in [-0.4, -0.2) is 35.5 Å². The minimum Gasteiger partial charge on any atom is -0.370 e. The Kier molecular flexibility index (Phi) is 7.43. The fourth-order valence-electron chi connectivity index (χ4n) is 4.12. The van der Waals surface area contributed by atoms with Gasteiger partial charge in [0.2, 0.25) is 0 Å². The second kappa shape index (κ2) is 10.2. The monoisotopic (exact) mass is 379 g/mol. The highest BCUT2D eigenvalue weighted by Gasteiger charge is 2.22. The molecule has 1 saturated heterocycles. The van der Waals surface area contributed by atoms with E-state index in [9.17, 15) is 0 Å². The van der Waals surface area contributed by atoms with Crippen molar-refractivity contribution in [3.63, 3.8) is 0 Å². The van der Waals surface area contributed by atoms with Crippen LogP contribution in [0.3, 0.4) is 0 Å². The molecular weight excluding hydrogens is 346 g/mol. The molecule has 1 aromatic heterocycles. The van der Waals surface area contributed by atoms with Crippen molar-refractivity contribution in [2.24, 2.45) is 22.6 Å². The van der Waals surface area contributed by atoms with Crippen LogP contribution in [-0.2, 0) is 19.5 Å². The largest absolute Gasteiger partial charge is 0.370 e. The molecule has 2 aromatic rings. The highest BCUT2D eigenvalue weighted by Crippen LogP contribution is 2.23. The zero-order chi connectivity index (χ0) is 19.8. The molecule has 1 aliphatic heterocycles. The van der Waals surface area contributed by atoms with Gasteiger partial charge in [-0.3, -0.25) is 9.88 Å². The first-order valence-corrected chi connectivity index (χ1v) is 10.3. The second-order valence-corrected chi connectivity index (χ2v) is 8.11. The summed E-state index contributed by atoms with van der Waals surface area (Å²) in [6.45, 7) is 9.41. The van der Waals surface area contributed by atoms with Crippen molar-refractivity contribution in [1.82, 2.24) is 15.2 Å². The van der Waals surface area contributed by atoms with Crippen LogP contribution in [0.1, 0.15) is 37.1 Å². The Morgan fingerprint density at radius 2 is 1.82 bits per heavy atom. The summed E-state index contributed by atoms with van der Waals surface area (Å²) in [6, 6.07) is 14.5. The van der Waals surface area contributed by atoms with Crippen LogP contribution in [0, 0.1) is 11.8 Å². The molecule has 1 aromatic carbocycles. The Morgan fingerprint density at radius 1 is 1.11 bits per heavy atom. The van der Waals surface area contributed by atoms with Gasteiger partial charge in [0, 0.05) is 44.5 Å². The van der Waals surface area contributed by atoms with Gasteiger partial charge in [-0.15, -0.1) is 0 Å². The summed E-state index contributed by atoms with van der Waals surface area (Å²) in [6.07, 6.45) is 3.98. The number of hydrogen-bond donors (Lipinski definition) is 2. The number of nitrogens with one attached hydrogen (secondary N) is 1. The first-order valence-electron chi connectivity index (χ1n) is 10.3. The Morgan fingerprint density at radius 3 is 2.54 bits per heavy atom. The number of pyridine rings is 1. The molecule has 0 radical (unpaired) electrons. The SMILES string of the molecule is CC1CC(C)CN(Cc2ccccc2CN=C(N)NCCc2ccccn2)C1. The predicted octanol–water partition coefficient (Wildman–Crippen LogP) is 3.21. The lowest BCUT2D eigenvalue weighted by molar-refractivity contribution is 0.134. The Balaban J connectivity index is 1.53. The van der Waals surface area contributed by atoms with Crippen molar-refractivity contribution in [1.29, 1.82) is 0 Å². The lowest BCUT2D eigenvalue weighted by atomic mass is 9.91. The predicted molar refractivity (Wildman–Crippen MR) is 116 cm³/mol. The molecule has 0 bridgehead atoms. The summed E-state index contributed by atoms with van der Waals surface area (Å²) < 4.78 is 0. The zero-order valence-electron chi connectivity index (χ0n) is 17.1. The summed E-state index contributed by atoms with van der Waals surface area (Å²) >= 11 is 0. The summed E-state index contributed by atoms with van der Waals surface area (Å²) in [5.41, 5.74) is 9.73. The van der Waals surface area contributed by atoms with E-state index in [0.717, 1.165) is 37.0 Å². The third-order valence-electron chi connectivity index (χ3n) is 5.29. The molecule has 0 amide bonds. The van der Waals surface area contributed by atoms with Crippen molar-refractivity contribution in [2.75, 3.05) is 19.6 Å². The summed E-state index contributed by atoms with van der Waals surface area (Å²) in [5, 5.41) is 3.19. The Hall–Kier alpha value is -2.40. The number of piperidine rings is 1. The van der Waals surface area contributed by atoms with Gasteiger partial charge in [0.1, 0.15) is 0 Å². The summed E-state index contributed by atoms with van der Waals surface area (Å²) in [5.74, 6) is 2.03. The molecule has 2 heterocycles. The number of nitrogens with two attached hydrogens (primary N) is 1. The van der Waals surface area contributed by atoms with Gasteiger partial charge in [-0.05, 0) is 41.5 Å². The van der Waals surface area contributed by atoms with Gasteiger partial charge in [0.05, 0.1) is 6.54 Å². The molecule has 2 unspecified atom stereocenters. The lowest BCUT2D eigenvalue weighted by Gasteiger charge is -2.35. The molecule has 150 valence electrons. The third-order valence-corrected chi connectivity index (χ3v) is 5.29. The first-order chi connectivity index (χ1) is 13.6. The smallest absolute Gasteiger partial charge is 0.188 e. The minimum atomic E-state index is 0.492. The number of guanidine groups is 1. The van der Waals surface area contributed by atoms with Crippen LogP contribution >= 0.6 is 0 Å². The van der Waals surface area contributed by atoms with Gasteiger partial charge >= 0.3 is 0 Å². The van der Waals surface area contributed by atoms with Crippen molar-refractivity contribution < 1.29 is 0 Å². The number of benzene rings is 1. The normalized spacial score (nSPS) is 20.9. The molecular formula is C23H33N5. The maximum Gasteiger partial charge on any atom is 0.188 e. The Labute approximate surface area is 169 Å². The lowest BCUT2D eigenvalue weighted by Crippen LogP contribution is -2.38. The number of aromatic nitrogens is 1. The Bertz CT molecular complexity index is 749. The summed E-state index contributed by atoms with van der Waals surface area (Å²) in [7, 11) is 0. The van der Waals surface area contributed by atoms with E-state index >= 15 is 0 Å². The van der Waals surface area contributed by atoms with E-state index in [1.807, 2.05) is 24.4 Å². The molecule has 0 spiro atoms. The second-order valence-electron chi connectivity index (χ2n) is 8.11. The highest BCUT2D eigenvalue weighted by molar-refractivity contribution is 5.77.